The minimum atomic E-state index is -0.622. The molecule has 0 unspecified atom stereocenters. The van der Waals surface area contributed by atoms with E-state index >= 15 is 0 Å². The lowest BCUT2D eigenvalue weighted by Crippen LogP contribution is -1.89. The zero-order valence-electron chi connectivity index (χ0n) is 8.63. The molecule has 2 rings (SSSR count). The maximum atomic E-state index is 10.7. The molecule has 86 valence electrons. The van der Waals surface area contributed by atoms with Crippen LogP contribution in [0.4, 0.5) is 5.69 Å². The predicted molar refractivity (Wildman–Crippen MR) is 65.2 cm³/mol. The minimum absolute atomic E-state index is 0.317. The Morgan fingerprint density at radius 2 is 1.82 bits per heavy atom. The van der Waals surface area contributed by atoms with Crippen LogP contribution in [0.2, 0.25) is 5.02 Å². The number of rotatable bonds is 2. The van der Waals surface area contributed by atoms with Crippen LogP contribution in [0.25, 0.3) is 11.1 Å². The average Bonchev–Trinajstić information content (AvgIpc) is 2.29. The molecule has 0 saturated carbocycles. The summed E-state index contributed by atoms with van der Waals surface area (Å²) in [5.41, 5.74) is 1.08. The molecule has 0 aliphatic carbocycles. The highest BCUT2D eigenvalue weighted by molar-refractivity contribution is 6.30. The van der Waals surface area contributed by atoms with Gasteiger partial charge in [0.05, 0.1) is 4.92 Å². The van der Waals surface area contributed by atoms with E-state index in [1.807, 2.05) is 0 Å². The molecule has 0 heterocycles. The first-order chi connectivity index (χ1) is 8.08. The summed E-state index contributed by atoms with van der Waals surface area (Å²) in [5, 5.41) is 20.6. The summed E-state index contributed by atoms with van der Waals surface area (Å²) < 4.78 is 0. The minimum Gasteiger partial charge on any atom is -0.502 e. The molecule has 1 N–H and O–H groups in total. The van der Waals surface area contributed by atoms with E-state index in [1.54, 1.807) is 30.3 Å². The first-order valence-electron chi connectivity index (χ1n) is 4.81. The Hall–Kier alpha value is -2.07. The quantitative estimate of drug-likeness (QED) is 0.653. The normalized spacial score (nSPS) is 10.2. The van der Waals surface area contributed by atoms with E-state index in [1.165, 1.54) is 12.1 Å². The molecule has 0 radical (unpaired) electrons. The van der Waals surface area contributed by atoms with Gasteiger partial charge in [-0.1, -0.05) is 29.8 Å². The first-order valence-corrected chi connectivity index (χ1v) is 5.19. The molecule has 0 atom stereocenters. The van der Waals surface area contributed by atoms with Crippen molar-refractivity contribution in [2.24, 2.45) is 0 Å². The number of phenolic OH excluding ortho intramolecular Hbond substituents is 1. The summed E-state index contributed by atoms with van der Waals surface area (Å²) in [6.07, 6.45) is 0. The van der Waals surface area contributed by atoms with E-state index in [0.29, 0.717) is 10.6 Å². The van der Waals surface area contributed by atoms with Crippen LogP contribution in [0.1, 0.15) is 0 Å². The van der Waals surface area contributed by atoms with Crippen molar-refractivity contribution in [2.45, 2.75) is 0 Å². The second-order valence-electron chi connectivity index (χ2n) is 3.47. The molecule has 0 spiro atoms. The van der Waals surface area contributed by atoms with E-state index < -0.39 is 4.92 Å². The first kappa shape index (κ1) is 11.4. The fourth-order valence-electron chi connectivity index (χ4n) is 1.52. The van der Waals surface area contributed by atoms with E-state index in [0.717, 1.165) is 5.56 Å². The van der Waals surface area contributed by atoms with Crippen molar-refractivity contribution >= 4 is 17.3 Å². The van der Waals surface area contributed by atoms with Crippen LogP contribution in [-0.4, -0.2) is 10.0 Å². The van der Waals surface area contributed by atoms with Crippen LogP contribution >= 0.6 is 11.6 Å². The number of halogens is 1. The van der Waals surface area contributed by atoms with Crippen molar-refractivity contribution in [3.8, 4) is 16.9 Å². The molecule has 0 aliphatic rings. The lowest BCUT2D eigenvalue weighted by molar-refractivity contribution is -0.385. The third-order valence-electron chi connectivity index (χ3n) is 2.33. The number of hydrogen-bond donors (Lipinski definition) is 1. The Labute approximate surface area is 102 Å². The van der Waals surface area contributed by atoms with Crippen molar-refractivity contribution in [2.75, 3.05) is 0 Å². The van der Waals surface area contributed by atoms with Gasteiger partial charge in [-0.25, -0.2) is 0 Å². The molecular formula is C12H8ClNO3. The second-order valence-corrected chi connectivity index (χ2v) is 3.91. The van der Waals surface area contributed by atoms with Gasteiger partial charge in [-0.3, -0.25) is 10.1 Å². The Kier molecular flexibility index (Phi) is 2.97. The van der Waals surface area contributed by atoms with Crippen molar-refractivity contribution in [3.05, 3.63) is 57.6 Å². The fraction of sp³-hybridized carbons (Fsp3) is 0. The molecule has 0 bridgehead atoms. The van der Waals surface area contributed by atoms with Gasteiger partial charge in [0.1, 0.15) is 0 Å². The Bertz CT molecular complexity index is 584. The topological polar surface area (TPSA) is 63.4 Å². The standard InChI is InChI=1S/C12H8ClNO3/c13-10-3-1-2-8(6-10)9-4-5-12(15)11(7-9)14(16)17/h1-7,15H. The summed E-state index contributed by atoms with van der Waals surface area (Å²) in [6, 6.07) is 11.2. The van der Waals surface area contributed by atoms with Gasteiger partial charge in [0.15, 0.2) is 5.75 Å². The molecule has 2 aromatic rings. The van der Waals surface area contributed by atoms with Crippen LogP contribution in [0, 0.1) is 10.1 Å². The molecule has 5 heteroatoms. The third kappa shape index (κ3) is 2.37. The highest BCUT2D eigenvalue weighted by Crippen LogP contribution is 2.31. The molecule has 0 amide bonds. The molecule has 0 aromatic heterocycles. The molecular weight excluding hydrogens is 242 g/mol. The van der Waals surface area contributed by atoms with E-state index in [9.17, 15) is 15.2 Å². The van der Waals surface area contributed by atoms with Crippen LogP contribution in [-0.2, 0) is 0 Å². The van der Waals surface area contributed by atoms with Gasteiger partial charge in [-0.2, -0.15) is 0 Å². The number of aromatic hydroxyl groups is 1. The monoisotopic (exact) mass is 249 g/mol. The average molecular weight is 250 g/mol. The second kappa shape index (κ2) is 4.43. The molecule has 0 saturated heterocycles. The van der Waals surface area contributed by atoms with Crippen LogP contribution in [0.3, 0.4) is 0 Å². The lowest BCUT2D eigenvalue weighted by Gasteiger charge is -2.03. The molecule has 0 aliphatic heterocycles. The van der Waals surface area contributed by atoms with Gasteiger partial charge in [0, 0.05) is 11.1 Å². The number of nitro benzene ring substituents is 1. The molecule has 17 heavy (non-hydrogen) atoms. The van der Waals surface area contributed by atoms with Crippen molar-refractivity contribution in [3.63, 3.8) is 0 Å². The fourth-order valence-corrected chi connectivity index (χ4v) is 1.71. The Balaban J connectivity index is 2.54. The molecule has 0 fully saturated rings. The number of nitro groups is 1. The summed E-state index contributed by atoms with van der Waals surface area (Å²) in [7, 11) is 0. The number of benzene rings is 2. The van der Waals surface area contributed by atoms with Crippen LogP contribution < -0.4 is 0 Å². The van der Waals surface area contributed by atoms with Gasteiger partial charge >= 0.3 is 5.69 Å². The molecule has 2 aromatic carbocycles. The van der Waals surface area contributed by atoms with Crippen LogP contribution in [0.5, 0.6) is 5.75 Å². The number of nitrogens with zero attached hydrogens (tertiary/aromatic N) is 1. The maximum absolute atomic E-state index is 10.7. The summed E-state index contributed by atoms with van der Waals surface area (Å²) in [5.74, 6) is -0.347. The summed E-state index contributed by atoms with van der Waals surface area (Å²) in [6.45, 7) is 0. The van der Waals surface area contributed by atoms with E-state index in [2.05, 4.69) is 0 Å². The predicted octanol–water partition coefficient (Wildman–Crippen LogP) is 3.62. The van der Waals surface area contributed by atoms with Gasteiger partial charge in [-0.15, -0.1) is 0 Å². The number of phenols is 1. The van der Waals surface area contributed by atoms with Crippen molar-refractivity contribution in [1.29, 1.82) is 0 Å². The lowest BCUT2D eigenvalue weighted by atomic mass is 10.0. The highest BCUT2D eigenvalue weighted by Gasteiger charge is 2.14. The smallest absolute Gasteiger partial charge is 0.311 e. The Morgan fingerprint density at radius 3 is 2.47 bits per heavy atom. The highest BCUT2D eigenvalue weighted by atomic mass is 35.5. The largest absolute Gasteiger partial charge is 0.502 e. The van der Waals surface area contributed by atoms with Gasteiger partial charge in [0.25, 0.3) is 0 Å². The zero-order chi connectivity index (χ0) is 12.4. The number of hydrogen-bond acceptors (Lipinski definition) is 3. The van der Waals surface area contributed by atoms with Crippen molar-refractivity contribution in [1.82, 2.24) is 0 Å². The summed E-state index contributed by atoms with van der Waals surface area (Å²) in [4.78, 5) is 10.1. The SMILES string of the molecule is O=[N+]([O-])c1cc(-c2cccc(Cl)c2)ccc1O. The zero-order valence-corrected chi connectivity index (χ0v) is 9.39. The van der Waals surface area contributed by atoms with Gasteiger partial charge in [-0.05, 0) is 29.3 Å². The van der Waals surface area contributed by atoms with Crippen LogP contribution in [0.15, 0.2) is 42.5 Å². The molecule has 4 nitrogen and oxygen atoms in total. The Morgan fingerprint density at radius 1 is 1.12 bits per heavy atom. The van der Waals surface area contributed by atoms with E-state index in [4.69, 9.17) is 11.6 Å². The summed E-state index contributed by atoms with van der Waals surface area (Å²) >= 11 is 5.85. The van der Waals surface area contributed by atoms with Gasteiger partial charge < -0.3 is 5.11 Å². The van der Waals surface area contributed by atoms with Gasteiger partial charge in [0.2, 0.25) is 0 Å². The van der Waals surface area contributed by atoms with Crippen molar-refractivity contribution < 1.29 is 10.0 Å². The van der Waals surface area contributed by atoms with E-state index in [-0.39, 0.29) is 11.4 Å². The maximum Gasteiger partial charge on any atom is 0.311 e. The third-order valence-corrected chi connectivity index (χ3v) is 2.57.